The van der Waals surface area contributed by atoms with E-state index in [4.69, 9.17) is 0 Å². The van der Waals surface area contributed by atoms with E-state index in [0.29, 0.717) is 30.3 Å². The molecule has 0 aromatic heterocycles. The monoisotopic (exact) mass is 254 g/mol. The van der Waals surface area contributed by atoms with Crippen LogP contribution in [0.5, 0.6) is 0 Å². The molecule has 0 unspecified atom stereocenters. The Labute approximate surface area is 111 Å². The highest BCUT2D eigenvalue weighted by Crippen LogP contribution is 2.32. The summed E-state index contributed by atoms with van der Waals surface area (Å²) in [6.07, 6.45) is 0. The van der Waals surface area contributed by atoms with E-state index in [1.54, 1.807) is 0 Å². The van der Waals surface area contributed by atoms with Gasteiger partial charge in [0.25, 0.3) is 5.91 Å². The number of rotatable bonds is 3. The molecule has 0 aliphatic carbocycles. The number of likely N-dealkylation sites (tertiary alicyclic amines) is 2. The van der Waals surface area contributed by atoms with Gasteiger partial charge in [-0.3, -0.25) is 4.79 Å². The first-order chi connectivity index (χ1) is 8.26. The van der Waals surface area contributed by atoms with Gasteiger partial charge in [0, 0.05) is 32.2 Å². The van der Waals surface area contributed by atoms with Gasteiger partial charge >= 0.3 is 0 Å². The molecule has 4 nitrogen and oxygen atoms in total. The molecule has 2 heterocycles. The Hall–Kier alpha value is -0.610. The molecule has 0 bridgehead atoms. The predicted molar refractivity (Wildman–Crippen MR) is 73.2 cm³/mol. The molecule has 2 aliphatic heterocycles. The van der Waals surface area contributed by atoms with Crippen LogP contribution < -0.4 is 0 Å². The lowest BCUT2D eigenvalue weighted by Crippen LogP contribution is -2.46. The van der Waals surface area contributed by atoms with E-state index in [1.807, 2.05) is 0 Å². The summed E-state index contributed by atoms with van der Waals surface area (Å²) in [4.78, 5) is 16.9. The molecule has 2 aliphatic rings. The van der Waals surface area contributed by atoms with Crippen LogP contribution in [0, 0.1) is 11.8 Å². The number of carbonyl (C=O) groups is 1. The molecular weight excluding hydrogens is 226 g/mol. The quantitative estimate of drug-likeness (QED) is 0.685. The number of fused-ring (bicyclic) bond motifs is 1. The van der Waals surface area contributed by atoms with E-state index >= 15 is 0 Å². The van der Waals surface area contributed by atoms with Crippen molar-refractivity contribution in [2.24, 2.45) is 11.8 Å². The fourth-order valence-corrected chi connectivity index (χ4v) is 3.16. The van der Waals surface area contributed by atoms with Crippen LogP contribution in [0.3, 0.4) is 0 Å². The molecule has 0 aromatic carbocycles. The first kappa shape index (κ1) is 13.8. The smallest absolute Gasteiger partial charge is 0.277 e. The number of hydrogen-bond acceptors (Lipinski definition) is 2. The lowest BCUT2D eigenvalue weighted by molar-refractivity contribution is -0.862. The largest absolute Gasteiger partial charge is 0.337 e. The van der Waals surface area contributed by atoms with E-state index in [2.05, 4.69) is 44.8 Å². The van der Waals surface area contributed by atoms with Crippen molar-refractivity contribution in [1.82, 2.24) is 9.80 Å². The van der Waals surface area contributed by atoms with Crippen molar-refractivity contribution in [3.63, 3.8) is 0 Å². The number of nitrogens with zero attached hydrogens (tertiary/aromatic N) is 3. The first-order valence-electron chi connectivity index (χ1n) is 7.08. The van der Waals surface area contributed by atoms with Crippen LogP contribution in [0.4, 0.5) is 0 Å². The molecular formula is C14H28N3O+. The molecule has 0 saturated carbocycles. The molecule has 18 heavy (non-hydrogen) atoms. The Morgan fingerprint density at radius 3 is 2.00 bits per heavy atom. The van der Waals surface area contributed by atoms with Crippen molar-refractivity contribution in [2.75, 3.05) is 53.9 Å². The standard InChI is InChI=1S/C14H28N3O/c1-11(2)15-6-12-8-16(9-13(12)7-15)14(18)10-17(3,4)5/h11-13H,6-10H2,1-5H3/q+1/t12-,13-/m0/s1. The van der Waals surface area contributed by atoms with Crippen molar-refractivity contribution < 1.29 is 9.28 Å². The number of quaternary nitrogens is 1. The van der Waals surface area contributed by atoms with Crippen LogP contribution in [0.1, 0.15) is 13.8 Å². The Kier molecular flexibility index (Phi) is 3.70. The van der Waals surface area contributed by atoms with E-state index in [1.165, 1.54) is 13.1 Å². The van der Waals surface area contributed by atoms with Crippen LogP contribution in [0.25, 0.3) is 0 Å². The van der Waals surface area contributed by atoms with Gasteiger partial charge in [0.15, 0.2) is 6.54 Å². The van der Waals surface area contributed by atoms with Crippen LogP contribution >= 0.6 is 0 Å². The van der Waals surface area contributed by atoms with Gasteiger partial charge in [-0.15, -0.1) is 0 Å². The van der Waals surface area contributed by atoms with Gasteiger partial charge in [-0.05, 0) is 25.7 Å². The van der Waals surface area contributed by atoms with Gasteiger partial charge < -0.3 is 14.3 Å². The first-order valence-corrected chi connectivity index (χ1v) is 7.08. The Morgan fingerprint density at radius 1 is 1.11 bits per heavy atom. The minimum Gasteiger partial charge on any atom is -0.337 e. The van der Waals surface area contributed by atoms with Gasteiger partial charge in [0.05, 0.1) is 21.1 Å². The maximum Gasteiger partial charge on any atom is 0.277 e. The molecule has 4 heteroatoms. The Morgan fingerprint density at radius 2 is 1.61 bits per heavy atom. The normalized spacial score (nSPS) is 29.1. The third-order valence-corrected chi connectivity index (χ3v) is 4.21. The molecule has 2 rings (SSSR count). The fraction of sp³-hybridized carbons (Fsp3) is 0.929. The van der Waals surface area contributed by atoms with Gasteiger partial charge in [-0.25, -0.2) is 0 Å². The average molecular weight is 254 g/mol. The summed E-state index contributed by atoms with van der Waals surface area (Å²) in [6.45, 7) is 9.46. The van der Waals surface area contributed by atoms with Gasteiger partial charge in [-0.2, -0.15) is 0 Å². The molecule has 2 atom stereocenters. The number of carbonyl (C=O) groups excluding carboxylic acids is 1. The second-order valence-electron chi connectivity index (χ2n) is 7.31. The average Bonchev–Trinajstić information content (AvgIpc) is 2.69. The second kappa shape index (κ2) is 4.82. The van der Waals surface area contributed by atoms with Crippen LogP contribution in [-0.2, 0) is 4.79 Å². The van der Waals surface area contributed by atoms with Crippen molar-refractivity contribution in [2.45, 2.75) is 19.9 Å². The lowest BCUT2D eigenvalue weighted by atomic mass is 10.0. The van der Waals surface area contributed by atoms with E-state index < -0.39 is 0 Å². The van der Waals surface area contributed by atoms with Crippen molar-refractivity contribution in [1.29, 1.82) is 0 Å². The molecule has 1 amide bonds. The second-order valence-corrected chi connectivity index (χ2v) is 7.31. The summed E-state index contributed by atoms with van der Waals surface area (Å²) in [5.41, 5.74) is 0. The van der Waals surface area contributed by atoms with Gasteiger partial charge in [0.2, 0.25) is 0 Å². The molecule has 104 valence electrons. The van der Waals surface area contributed by atoms with Crippen LogP contribution in [-0.4, -0.2) is 80.1 Å². The summed E-state index contributed by atoms with van der Waals surface area (Å²) < 4.78 is 0.725. The maximum atomic E-state index is 12.2. The fourth-order valence-electron chi connectivity index (χ4n) is 3.16. The molecule has 0 N–H and O–H groups in total. The minimum atomic E-state index is 0.327. The van der Waals surface area contributed by atoms with Gasteiger partial charge in [-0.1, -0.05) is 0 Å². The third kappa shape index (κ3) is 3.04. The van der Waals surface area contributed by atoms with Crippen molar-refractivity contribution in [3.8, 4) is 0 Å². The highest BCUT2D eigenvalue weighted by Gasteiger charge is 2.42. The summed E-state index contributed by atoms with van der Waals surface area (Å²) in [6, 6.07) is 0.644. The number of hydrogen-bond donors (Lipinski definition) is 0. The number of likely N-dealkylation sites (N-methyl/N-ethyl adjacent to an activating group) is 1. The zero-order chi connectivity index (χ0) is 13.5. The zero-order valence-electron chi connectivity index (χ0n) is 12.5. The summed E-state index contributed by atoms with van der Waals surface area (Å²) in [5.74, 6) is 1.75. The summed E-state index contributed by atoms with van der Waals surface area (Å²) >= 11 is 0. The maximum absolute atomic E-state index is 12.2. The molecule has 0 spiro atoms. The van der Waals surface area contributed by atoms with E-state index in [9.17, 15) is 4.79 Å². The minimum absolute atomic E-state index is 0.327. The van der Waals surface area contributed by atoms with E-state index in [-0.39, 0.29) is 0 Å². The molecule has 0 aromatic rings. The number of amides is 1. The highest BCUT2D eigenvalue weighted by molar-refractivity contribution is 5.77. The lowest BCUT2D eigenvalue weighted by Gasteiger charge is -2.28. The summed E-state index contributed by atoms with van der Waals surface area (Å²) in [7, 11) is 6.24. The van der Waals surface area contributed by atoms with Crippen molar-refractivity contribution in [3.05, 3.63) is 0 Å². The topological polar surface area (TPSA) is 23.6 Å². The molecule has 2 saturated heterocycles. The molecule has 2 fully saturated rings. The van der Waals surface area contributed by atoms with Crippen molar-refractivity contribution >= 4 is 5.91 Å². The highest BCUT2D eigenvalue weighted by atomic mass is 16.2. The third-order valence-electron chi connectivity index (χ3n) is 4.21. The van der Waals surface area contributed by atoms with Crippen LogP contribution in [0.15, 0.2) is 0 Å². The molecule has 0 radical (unpaired) electrons. The van der Waals surface area contributed by atoms with Gasteiger partial charge in [0.1, 0.15) is 0 Å². The van der Waals surface area contributed by atoms with E-state index in [0.717, 1.165) is 17.6 Å². The SMILES string of the molecule is CC(C)N1C[C@H]2CN(C(=O)C[N+](C)(C)C)C[C@@H]2C1. The predicted octanol–water partition coefficient (Wildman–Crippen LogP) is 0.491. The summed E-state index contributed by atoms with van der Waals surface area (Å²) in [5, 5.41) is 0. The van der Waals surface area contributed by atoms with Crippen LogP contribution in [0.2, 0.25) is 0 Å². The zero-order valence-corrected chi connectivity index (χ0v) is 12.5. The Bertz CT molecular complexity index is 307. The Balaban J connectivity index is 1.87.